The molecule has 2 aliphatic carbocycles. The molecule has 0 unspecified atom stereocenters. The molecule has 1 heterocycles. The molecular weight excluding hydrogens is 378 g/mol. The van der Waals surface area contributed by atoms with Crippen LogP contribution in [0.1, 0.15) is 43.7 Å². The summed E-state index contributed by atoms with van der Waals surface area (Å²) in [6.07, 6.45) is 1.80. The molecule has 1 N–H and O–H groups in total. The van der Waals surface area contributed by atoms with Gasteiger partial charge >= 0.3 is 5.97 Å². The number of nitrogens with one attached hydrogen (secondary N) is 1. The lowest BCUT2D eigenvalue weighted by molar-refractivity contribution is -0.145. The van der Waals surface area contributed by atoms with Crippen molar-refractivity contribution in [3.63, 3.8) is 0 Å². The van der Waals surface area contributed by atoms with E-state index in [1.54, 1.807) is 0 Å². The number of amides is 1. The van der Waals surface area contributed by atoms with Crippen molar-refractivity contribution in [3.05, 3.63) is 53.6 Å². The Morgan fingerprint density at radius 2 is 1.90 bits per heavy atom. The summed E-state index contributed by atoms with van der Waals surface area (Å²) >= 11 is 0. The Labute approximate surface area is 176 Å². The Morgan fingerprint density at radius 3 is 2.63 bits per heavy atom. The van der Waals surface area contributed by atoms with E-state index in [1.807, 2.05) is 37.3 Å². The van der Waals surface area contributed by atoms with E-state index in [2.05, 4.69) is 31.3 Å². The Kier molecular flexibility index (Phi) is 4.57. The van der Waals surface area contributed by atoms with E-state index in [-0.39, 0.29) is 41.7 Å². The molecule has 0 radical (unpaired) electrons. The third-order valence-corrected chi connectivity index (χ3v) is 6.93. The standard InChI is InChI=1S/C25H27NO4/c1-13(2)18-9-4-14(3)10-20(18)29-17-7-5-16(6-8-17)26-24(27)22-15-11-19-21(12-15)30-25(28)23(19)22/h4-10,13,15,19,21-23H,11-12H2,1-3H3,(H,26,27)/t15-,19+,21-,22+,23+/m1/s1. The molecule has 0 spiro atoms. The lowest BCUT2D eigenvalue weighted by Crippen LogP contribution is -2.35. The van der Waals surface area contributed by atoms with Crippen LogP contribution in [0.25, 0.3) is 0 Å². The summed E-state index contributed by atoms with van der Waals surface area (Å²) in [5, 5.41) is 3.00. The zero-order chi connectivity index (χ0) is 21.0. The maximum absolute atomic E-state index is 12.9. The molecule has 156 valence electrons. The maximum Gasteiger partial charge on any atom is 0.310 e. The first kappa shape index (κ1) is 19.2. The first-order chi connectivity index (χ1) is 14.4. The zero-order valence-corrected chi connectivity index (χ0v) is 17.6. The number of carbonyl (C=O) groups is 2. The number of rotatable bonds is 5. The number of hydrogen-bond donors (Lipinski definition) is 1. The van der Waals surface area contributed by atoms with Crippen LogP contribution in [0.15, 0.2) is 42.5 Å². The fourth-order valence-corrected chi connectivity index (χ4v) is 5.53. The van der Waals surface area contributed by atoms with Gasteiger partial charge in [0.05, 0.1) is 11.8 Å². The highest BCUT2D eigenvalue weighted by Crippen LogP contribution is 2.57. The molecule has 5 nitrogen and oxygen atoms in total. The minimum absolute atomic E-state index is 0.0466. The molecular formula is C25H27NO4. The molecule has 3 fully saturated rings. The molecule has 5 heteroatoms. The monoisotopic (exact) mass is 405 g/mol. The maximum atomic E-state index is 12.9. The van der Waals surface area contributed by atoms with Crippen LogP contribution in [-0.4, -0.2) is 18.0 Å². The van der Waals surface area contributed by atoms with Crippen molar-refractivity contribution in [2.75, 3.05) is 5.32 Å². The predicted molar refractivity (Wildman–Crippen MR) is 113 cm³/mol. The number of esters is 1. The van der Waals surface area contributed by atoms with Crippen molar-refractivity contribution in [3.8, 4) is 11.5 Å². The molecule has 5 rings (SSSR count). The van der Waals surface area contributed by atoms with Gasteiger partial charge in [-0.2, -0.15) is 0 Å². The van der Waals surface area contributed by atoms with Crippen LogP contribution in [0, 0.1) is 30.6 Å². The highest BCUT2D eigenvalue weighted by molar-refractivity contribution is 5.97. The van der Waals surface area contributed by atoms with Gasteiger partial charge in [0, 0.05) is 11.6 Å². The topological polar surface area (TPSA) is 64.6 Å². The Balaban J connectivity index is 1.28. The van der Waals surface area contributed by atoms with Gasteiger partial charge in [-0.15, -0.1) is 0 Å². The Bertz CT molecular complexity index is 995. The fourth-order valence-electron chi connectivity index (χ4n) is 5.53. The van der Waals surface area contributed by atoms with E-state index in [9.17, 15) is 9.59 Å². The second-order valence-corrected chi connectivity index (χ2v) is 9.23. The number of hydrogen-bond acceptors (Lipinski definition) is 4. The third-order valence-electron chi connectivity index (χ3n) is 6.93. The first-order valence-corrected chi connectivity index (χ1v) is 10.8. The number of benzene rings is 2. The largest absolute Gasteiger partial charge is 0.462 e. The van der Waals surface area contributed by atoms with E-state index in [0.717, 1.165) is 35.5 Å². The van der Waals surface area contributed by atoms with Crippen molar-refractivity contribution >= 4 is 17.6 Å². The minimum Gasteiger partial charge on any atom is -0.462 e. The van der Waals surface area contributed by atoms with E-state index in [4.69, 9.17) is 9.47 Å². The molecule has 2 saturated carbocycles. The molecule has 5 atom stereocenters. The Hall–Kier alpha value is -2.82. The van der Waals surface area contributed by atoms with Crippen LogP contribution in [0.3, 0.4) is 0 Å². The van der Waals surface area contributed by atoms with Gasteiger partial charge in [0.1, 0.15) is 17.6 Å². The van der Waals surface area contributed by atoms with Gasteiger partial charge < -0.3 is 14.8 Å². The summed E-state index contributed by atoms with van der Waals surface area (Å²) in [6, 6.07) is 13.7. The van der Waals surface area contributed by atoms with Crippen molar-refractivity contribution in [1.82, 2.24) is 0 Å². The van der Waals surface area contributed by atoms with Crippen LogP contribution in [0.5, 0.6) is 11.5 Å². The van der Waals surface area contributed by atoms with E-state index >= 15 is 0 Å². The molecule has 2 aromatic rings. The molecule has 1 amide bonds. The van der Waals surface area contributed by atoms with E-state index in [1.165, 1.54) is 0 Å². The summed E-state index contributed by atoms with van der Waals surface area (Å²) in [6.45, 7) is 6.34. The summed E-state index contributed by atoms with van der Waals surface area (Å²) in [4.78, 5) is 25.1. The fraction of sp³-hybridized carbons (Fsp3) is 0.440. The lowest BCUT2D eigenvalue weighted by Gasteiger charge is -2.23. The van der Waals surface area contributed by atoms with Crippen molar-refractivity contribution < 1.29 is 19.1 Å². The Morgan fingerprint density at radius 1 is 1.13 bits per heavy atom. The number of carbonyl (C=O) groups excluding carboxylic acids is 2. The van der Waals surface area contributed by atoms with Gasteiger partial charge in [-0.1, -0.05) is 26.0 Å². The van der Waals surface area contributed by atoms with Gasteiger partial charge in [0.15, 0.2) is 0 Å². The molecule has 1 aliphatic heterocycles. The summed E-state index contributed by atoms with van der Waals surface area (Å²) < 4.78 is 11.6. The number of ether oxygens (including phenoxy) is 2. The second-order valence-electron chi connectivity index (χ2n) is 9.23. The average Bonchev–Trinajstić information content (AvgIpc) is 3.32. The molecule has 30 heavy (non-hydrogen) atoms. The SMILES string of the molecule is Cc1ccc(C(C)C)c(Oc2ccc(NC(=O)[C@H]3[C@@H]4C[C@@H]5[C@@H]3C(=O)O[C@@H]5C4)cc2)c1. The predicted octanol–water partition coefficient (Wildman–Crippen LogP) is 5.05. The van der Waals surface area contributed by atoms with Crippen LogP contribution < -0.4 is 10.1 Å². The summed E-state index contributed by atoms with van der Waals surface area (Å²) in [7, 11) is 0. The normalized spacial score (nSPS) is 28.7. The summed E-state index contributed by atoms with van der Waals surface area (Å²) in [5.74, 6) is 1.66. The highest BCUT2D eigenvalue weighted by atomic mass is 16.6. The van der Waals surface area contributed by atoms with E-state index < -0.39 is 0 Å². The molecule has 1 saturated heterocycles. The lowest BCUT2D eigenvalue weighted by atomic mass is 9.79. The van der Waals surface area contributed by atoms with Gasteiger partial charge in [-0.3, -0.25) is 9.59 Å². The first-order valence-electron chi connectivity index (χ1n) is 10.8. The van der Waals surface area contributed by atoms with Crippen molar-refractivity contribution in [2.45, 2.75) is 45.6 Å². The minimum atomic E-state index is -0.266. The van der Waals surface area contributed by atoms with Crippen LogP contribution >= 0.6 is 0 Å². The quantitative estimate of drug-likeness (QED) is 0.707. The van der Waals surface area contributed by atoms with Crippen LogP contribution in [-0.2, 0) is 14.3 Å². The third kappa shape index (κ3) is 3.17. The number of aryl methyl sites for hydroxylation is 1. The van der Waals surface area contributed by atoms with Gasteiger partial charge in [-0.05, 0) is 73.1 Å². The number of fused-ring (bicyclic) bond motifs is 1. The van der Waals surface area contributed by atoms with Gasteiger partial charge in [-0.25, -0.2) is 0 Å². The molecule has 2 bridgehead atoms. The second kappa shape index (κ2) is 7.15. The molecule has 2 aromatic carbocycles. The highest BCUT2D eigenvalue weighted by Gasteiger charge is 2.63. The van der Waals surface area contributed by atoms with Gasteiger partial charge in [0.25, 0.3) is 0 Å². The zero-order valence-electron chi connectivity index (χ0n) is 17.6. The van der Waals surface area contributed by atoms with E-state index in [0.29, 0.717) is 11.6 Å². The van der Waals surface area contributed by atoms with Crippen molar-refractivity contribution in [2.24, 2.45) is 23.7 Å². The smallest absolute Gasteiger partial charge is 0.310 e. The molecule has 0 aromatic heterocycles. The summed E-state index contributed by atoms with van der Waals surface area (Å²) in [5.41, 5.74) is 3.03. The van der Waals surface area contributed by atoms with Crippen LogP contribution in [0.4, 0.5) is 5.69 Å². The average molecular weight is 405 g/mol. The molecule has 3 aliphatic rings. The van der Waals surface area contributed by atoms with Crippen molar-refractivity contribution in [1.29, 1.82) is 0 Å². The van der Waals surface area contributed by atoms with Crippen LogP contribution in [0.2, 0.25) is 0 Å². The number of anilines is 1. The van der Waals surface area contributed by atoms with Gasteiger partial charge in [0.2, 0.25) is 5.91 Å².